The molecule has 0 spiro atoms. The zero-order valence-electron chi connectivity index (χ0n) is 13.1. The molecule has 0 saturated carbocycles. The smallest absolute Gasteiger partial charge is 0.253 e. The van der Waals surface area contributed by atoms with Crippen molar-refractivity contribution in [3.63, 3.8) is 0 Å². The highest BCUT2D eigenvalue weighted by Crippen LogP contribution is 2.28. The highest BCUT2D eigenvalue weighted by atomic mass is 35.5. The Labute approximate surface area is 138 Å². The number of piperidine rings is 1. The van der Waals surface area contributed by atoms with Crippen molar-refractivity contribution in [3.05, 3.63) is 29.8 Å². The van der Waals surface area contributed by atoms with Crippen LogP contribution in [0.4, 0.5) is 0 Å². The minimum atomic E-state index is -3.31. The maximum absolute atomic E-state index is 12.6. The van der Waals surface area contributed by atoms with Gasteiger partial charge in [-0.1, -0.05) is 19.9 Å². The molecule has 1 unspecified atom stereocenters. The first kappa shape index (κ1) is 18.9. The average molecular weight is 347 g/mol. The predicted molar refractivity (Wildman–Crippen MR) is 89.1 cm³/mol. The molecule has 1 atom stereocenters. The van der Waals surface area contributed by atoms with Gasteiger partial charge in [0.15, 0.2) is 9.84 Å². The van der Waals surface area contributed by atoms with Crippen LogP contribution in [0.25, 0.3) is 0 Å². The topological polar surface area (TPSA) is 80.5 Å². The van der Waals surface area contributed by atoms with Crippen LogP contribution in [0.2, 0.25) is 0 Å². The quantitative estimate of drug-likeness (QED) is 0.884. The zero-order valence-corrected chi connectivity index (χ0v) is 14.7. The summed E-state index contributed by atoms with van der Waals surface area (Å²) in [7, 11) is -3.31. The van der Waals surface area contributed by atoms with Crippen LogP contribution in [0.15, 0.2) is 29.2 Å². The molecule has 2 rings (SSSR count). The summed E-state index contributed by atoms with van der Waals surface area (Å²) >= 11 is 0. The third-order valence-electron chi connectivity index (χ3n) is 4.11. The van der Waals surface area contributed by atoms with Crippen molar-refractivity contribution in [1.82, 2.24) is 4.90 Å². The van der Waals surface area contributed by atoms with Crippen molar-refractivity contribution in [2.75, 3.05) is 19.3 Å². The lowest BCUT2D eigenvalue weighted by molar-refractivity contribution is 0.0533. The summed E-state index contributed by atoms with van der Waals surface area (Å²) in [6.45, 7) is 5.27. The molecular weight excluding hydrogens is 324 g/mol. The Kier molecular flexibility index (Phi) is 5.65. The highest BCUT2D eigenvalue weighted by molar-refractivity contribution is 7.90. The number of sulfone groups is 1. The van der Waals surface area contributed by atoms with Gasteiger partial charge in [-0.3, -0.25) is 4.79 Å². The number of carbonyl (C=O) groups is 1. The molecule has 124 valence electrons. The van der Waals surface area contributed by atoms with Crippen molar-refractivity contribution in [1.29, 1.82) is 0 Å². The van der Waals surface area contributed by atoms with Crippen LogP contribution >= 0.6 is 12.4 Å². The third-order valence-corrected chi connectivity index (χ3v) is 5.22. The molecule has 22 heavy (non-hydrogen) atoms. The second kappa shape index (κ2) is 6.56. The largest absolute Gasteiger partial charge is 0.338 e. The van der Waals surface area contributed by atoms with Gasteiger partial charge in [-0.25, -0.2) is 8.42 Å². The Balaban J connectivity index is 0.00000242. The SMILES string of the molecule is CC1(C)CN(C(=O)c2cccc(S(C)(=O)=O)c2)CCC1N.Cl. The van der Waals surface area contributed by atoms with Crippen LogP contribution in [0, 0.1) is 5.41 Å². The number of nitrogens with zero attached hydrogens (tertiary/aromatic N) is 1. The van der Waals surface area contributed by atoms with E-state index < -0.39 is 9.84 Å². The molecule has 1 amide bonds. The molecular formula is C15H23ClN2O3S. The number of hydrogen-bond acceptors (Lipinski definition) is 4. The first-order valence-corrected chi connectivity index (χ1v) is 8.85. The standard InChI is InChI=1S/C15H22N2O3S.ClH/c1-15(2)10-17(8-7-13(15)16)14(18)11-5-4-6-12(9-11)21(3,19)20;/h4-6,9,13H,7-8,10,16H2,1-3H3;1H. The number of rotatable bonds is 2. The number of amides is 1. The molecule has 5 nitrogen and oxygen atoms in total. The number of carbonyl (C=O) groups excluding carboxylic acids is 1. The van der Waals surface area contributed by atoms with E-state index in [9.17, 15) is 13.2 Å². The molecule has 1 aliphatic heterocycles. The Hall–Kier alpha value is -1.11. The van der Waals surface area contributed by atoms with E-state index in [1.165, 1.54) is 12.1 Å². The fourth-order valence-electron chi connectivity index (χ4n) is 2.59. The fourth-order valence-corrected chi connectivity index (χ4v) is 3.26. The monoisotopic (exact) mass is 346 g/mol. The summed E-state index contributed by atoms with van der Waals surface area (Å²) < 4.78 is 23.2. The number of likely N-dealkylation sites (tertiary alicyclic amines) is 1. The molecule has 1 aromatic rings. The summed E-state index contributed by atoms with van der Waals surface area (Å²) in [6.07, 6.45) is 1.89. The van der Waals surface area contributed by atoms with Gasteiger partial charge in [0.25, 0.3) is 5.91 Å². The minimum absolute atomic E-state index is 0. The van der Waals surface area contributed by atoms with Crippen LogP contribution < -0.4 is 5.73 Å². The molecule has 1 aromatic carbocycles. The Morgan fingerprint density at radius 1 is 1.36 bits per heavy atom. The first-order chi connectivity index (χ1) is 9.61. The van der Waals surface area contributed by atoms with E-state index in [1.54, 1.807) is 17.0 Å². The van der Waals surface area contributed by atoms with Gasteiger partial charge in [0.05, 0.1) is 4.90 Å². The van der Waals surface area contributed by atoms with Crippen molar-refractivity contribution >= 4 is 28.2 Å². The molecule has 0 aromatic heterocycles. The van der Waals surface area contributed by atoms with E-state index in [2.05, 4.69) is 0 Å². The first-order valence-electron chi connectivity index (χ1n) is 6.96. The maximum atomic E-state index is 12.6. The lowest BCUT2D eigenvalue weighted by atomic mass is 9.79. The molecule has 1 heterocycles. The number of benzene rings is 1. The highest BCUT2D eigenvalue weighted by Gasteiger charge is 2.35. The third kappa shape index (κ3) is 4.00. The van der Waals surface area contributed by atoms with E-state index in [0.717, 1.165) is 12.7 Å². The minimum Gasteiger partial charge on any atom is -0.338 e. The van der Waals surface area contributed by atoms with Crippen LogP contribution in [0.5, 0.6) is 0 Å². The van der Waals surface area contributed by atoms with Crippen LogP contribution in [0.3, 0.4) is 0 Å². The van der Waals surface area contributed by atoms with Gasteiger partial charge >= 0.3 is 0 Å². The molecule has 7 heteroatoms. The van der Waals surface area contributed by atoms with Crippen LogP contribution in [0.1, 0.15) is 30.6 Å². The number of nitrogens with two attached hydrogens (primary N) is 1. The van der Waals surface area contributed by atoms with Gasteiger partial charge in [0.1, 0.15) is 0 Å². The van der Waals surface area contributed by atoms with Gasteiger partial charge in [0, 0.05) is 31.0 Å². The van der Waals surface area contributed by atoms with Gasteiger partial charge < -0.3 is 10.6 Å². The van der Waals surface area contributed by atoms with Gasteiger partial charge in [-0.2, -0.15) is 0 Å². The van der Waals surface area contributed by atoms with E-state index in [0.29, 0.717) is 18.7 Å². The lowest BCUT2D eigenvalue weighted by Crippen LogP contribution is -2.54. The summed E-state index contributed by atoms with van der Waals surface area (Å²) in [6, 6.07) is 6.27. The van der Waals surface area contributed by atoms with E-state index in [1.807, 2.05) is 13.8 Å². The average Bonchev–Trinajstić information content (AvgIpc) is 2.40. The van der Waals surface area contributed by atoms with E-state index in [4.69, 9.17) is 5.73 Å². The second-order valence-electron chi connectivity index (χ2n) is 6.41. The summed E-state index contributed by atoms with van der Waals surface area (Å²) in [5.41, 5.74) is 6.35. The van der Waals surface area contributed by atoms with Gasteiger partial charge in [-0.15, -0.1) is 12.4 Å². The van der Waals surface area contributed by atoms with Crippen molar-refractivity contribution in [2.24, 2.45) is 11.1 Å². The second-order valence-corrected chi connectivity index (χ2v) is 8.43. The Morgan fingerprint density at radius 3 is 2.55 bits per heavy atom. The van der Waals surface area contributed by atoms with Gasteiger partial charge in [-0.05, 0) is 30.0 Å². The number of halogens is 1. The maximum Gasteiger partial charge on any atom is 0.253 e. The molecule has 1 fully saturated rings. The Morgan fingerprint density at radius 2 is 2.00 bits per heavy atom. The normalized spacial score (nSPS) is 21.1. The summed E-state index contributed by atoms with van der Waals surface area (Å²) in [5, 5.41) is 0. The number of hydrogen-bond donors (Lipinski definition) is 1. The summed E-state index contributed by atoms with van der Waals surface area (Å²) in [5.74, 6) is -0.138. The van der Waals surface area contributed by atoms with Crippen LogP contribution in [-0.4, -0.2) is 44.6 Å². The molecule has 0 bridgehead atoms. The molecule has 1 aliphatic rings. The lowest BCUT2D eigenvalue weighted by Gasteiger charge is -2.42. The van der Waals surface area contributed by atoms with Crippen molar-refractivity contribution < 1.29 is 13.2 Å². The van der Waals surface area contributed by atoms with Crippen LogP contribution in [-0.2, 0) is 9.84 Å². The summed E-state index contributed by atoms with van der Waals surface area (Å²) in [4.78, 5) is 14.5. The predicted octanol–water partition coefficient (Wildman–Crippen LogP) is 1.71. The zero-order chi connectivity index (χ0) is 15.8. The fraction of sp³-hybridized carbons (Fsp3) is 0.533. The van der Waals surface area contributed by atoms with E-state index in [-0.39, 0.29) is 34.7 Å². The molecule has 2 N–H and O–H groups in total. The van der Waals surface area contributed by atoms with Crippen molar-refractivity contribution in [3.8, 4) is 0 Å². The Bertz CT molecular complexity index is 659. The van der Waals surface area contributed by atoms with E-state index >= 15 is 0 Å². The molecule has 0 radical (unpaired) electrons. The molecule has 1 saturated heterocycles. The van der Waals surface area contributed by atoms with Gasteiger partial charge in [0.2, 0.25) is 0 Å². The van der Waals surface area contributed by atoms with Crippen molar-refractivity contribution in [2.45, 2.75) is 31.2 Å². The molecule has 0 aliphatic carbocycles.